The predicted octanol–water partition coefficient (Wildman–Crippen LogP) is 2.79. The van der Waals surface area contributed by atoms with Crippen LogP contribution < -0.4 is 0 Å². The normalized spacial score (nSPS) is 20.4. The number of hydrogen-bond acceptors (Lipinski definition) is 5. The molecule has 1 unspecified atom stereocenters. The fraction of sp³-hybridized carbons (Fsp3) is 0.632. The van der Waals surface area contributed by atoms with E-state index in [0.717, 1.165) is 38.0 Å². The second-order valence-electron chi connectivity index (χ2n) is 7.08. The zero-order valence-electron chi connectivity index (χ0n) is 16.2. The van der Waals surface area contributed by atoms with Gasteiger partial charge in [0.05, 0.1) is 31.5 Å². The molecule has 1 N–H and O–H groups in total. The number of ether oxygens (including phenoxy) is 2. The number of aliphatic carboxylic acids is 1. The number of alkyl halides is 3. The summed E-state index contributed by atoms with van der Waals surface area (Å²) in [5.41, 5.74) is 0.785. The molecule has 1 atom stereocenters. The lowest BCUT2D eigenvalue weighted by molar-refractivity contribution is -0.202. The molecule has 0 aliphatic carbocycles. The highest BCUT2D eigenvalue weighted by Gasteiger charge is 2.49. The number of likely N-dealkylation sites (tertiary alicyclic amines) is 1. The van der Waals surface area contributed by atoms with Crippen molar-refractivity contribution in [1.29, 1.82) is 0 Å². The number of amides is 1. The second kappa shape index (κ2) is 10.0. The van der Waals surface area contributed by atoms with Crippen LogP contribution in [0.1, 0.15) is 38.3 Å². The van der Waals surface area contributed by atoms with Crippen molar-refractivity contribution in [3.63, 3.8) is 0 Å². The first kappa shape index (κ1) is 23.1. The molecule has 3 rings (SSSR count). The van der Waals surface area contributed by atoms with Gasteiger partial charge in [0.25, 0.3) is 0 Å². The number of carboxylic acids is 1. The first-order valence-electron chi connectivity index (χ1n) is 9.38. The molecule has 2 aliphatic rings. The Morgan fingerprint density at radius 3 is 2.62 bits per heavy atom. The van der Waals surface area contributed by atoms with Crippen LogP contribution in [0.15, 0.2) is 24.4 Å². The third-order valence-electron chi connectivity index (χ3n) is 4.66. The van der Waals surface area contributed by atoms with Gasteiger partial charge < -0.3 is 19.5 Å². The van der Waals surface area contributed by atoms with Gasteiger partial charge in [-0.25, -0.2) is 4.79 Å². The van der Waals surface area contributed by atoms with Crippen molar-refractivity contribution < 1.29 is 37.3 Å². The Morgan fingerprint density at radius 1 is 1.38 bits per heavy atom. The van der Waals surface area contributed by atoms with Gasteiger partial charge in [-0.05, 0) is 25.0 Å². The minimum absolute atomic E-state index is 0.170. The number of carboxylic acid groups (broad SMARTS) is 1. The van der Waals surface area contributed by atoms with Crippen LogP contribution in [-0.4, -0.2) is 64.4 Å². The van der Waals surface area contributed by atoms with E-state index in [1.807, 2.05) is 30.0 Å². The van der Waals surface area contributed by atoms with Crippen LogP contribution in [0, 0.1) is 0 Å². The number of hydrogen-bond donors (Lipinski definition) is 1. The van der Waals surface area contributed by atoms with Crippen LogP contribution in [0.5, 0.6) is 0 Å². The largest absolute Gasteiger partial charge is 0.490 e. The molecule has 2 saturated heterocycles. The van der Waals surface area contributed by atoms with Crippen molar-refractivity contribution in [3.8, 4) is 0 Å². The molecular formula is C19H25F3N2O5. The molecule has 3 heterocycles. The summed E-state index contributed by atoms with van der Waals surface area (Å²) >= 11 is 0. The van der Waals surface area contributed by atoms with E-state index in [1.165, 1.54) is 0 Å². The molecule has 162 valence electrons. The molecule has 0 aromatic carbocycles. The first-order valence-corrected chi connectivity index (χ1v) is 9.38. The quantitative estimate of drug-likeness (QED) is 0.791. The average molecular weight is 418 g/mol. The second-order valence-corrected chi connectivity index (χ2v) is 7.08. The predicted molar refractivity (Wildman–Crippen MR) is 95.9 cm³/mol. The number of aromatic nitrogens is 1. The molecule has 2 fully saturated rings. The van der Waals surface area contributed by atoms with Crippen molar-refractivity contribution in [1.82, 2.24) is 9.88 Å². The number of nitrogens with zero attached hydrogens (tertiary/aromatic N) is 2. The molecular weight excluding hydrogens is 393 g/mol. The van der Waals surface area contributed by atoms with Crippen molar-refractivity contribution in [2.24, 2.45) is 0 Å². The summed E-state index contributed by atoms with van der Waals surface area (Å²) in [4.78, 5) is 27.0. The molecule has 1 aromatic rings. The van der Waals surface area contributed by atoms with E-state index in [9.17, 15) is 18.0 Å². The Morgan fingerprint density at radius 2 is 2.07 bits per heavy atom. The lowest BCUT2D eigenvalue weighted by atomic mass is 9.84. The minimum Gasteiger partial charge on any atom is -0.475 e. The summed E-state index contributed by atoms with van der Waals surface area (Å²) < 4.78 is 43.7. The Bertz CT molecular complexity index is 678. The summed E-state index contributed by atoms with van der Waals surface area (Å²) in [6.07, 6.45) is 0.217. The van der Waals surface area contributed by atoms with Gasteiger partial charge >= 0.3 is 12.1 Å². The zero-order chi connectivity index (χ0) is 21.5. The van der Waals surface area contributed by atoms with E-state index in [2.05, 4.69) is 4.98 Å². The fourth-order valence-corrected chi connectivity index (χ4v) is 3.23. The average Bonchev–Trinajstić information content (AvgIpc) is 2.65. The summed E-state index contributed by atoms with van der Waals surface area (Å²) in [6, 6.07) is 5.85. The van der Waals surface area contributed by atoms with Crippen LogP contribution in [0.2, 0.25) is 0 Å². The molecule has 29 heavy (non-hydrogen) atoms. The Hall–Kier alpha value is -2.20. The van der Waals surface area contributed by atoms with Gasteiger partial charge in [-0.2, -0.15) is 13.2 Å². The topological polar surface area (TPSA) is 89.0 Å². The molecule has 2 aliphatic heterocycles. The van der Waals surface area contributed by atoms with Crippen LogP contribution in [0.25, 0.3) is 0 Å². The van der Waals surface area contributed by atoms with Gasteiger partial charge in [-0.15, -0.1) is 0 Å². The summed E-state index contributed by atoms with van der Waals surface area (Å²) in [6.45, 7) is 4.72. The molecule has 1 aromatic heterocycles. The van der Waals surface area contributed by atoms with Gasteiger partial charge in [0.1, 0.15) is 5.60 Å². The number of carbonyl (C=O) groups is 2. The van der Waals surface area contributed by atoms with Gasteiger partial charge in [-0.3, -0.25) is 9.78 Å². The fourth-order valence-electron chi connectivity index (χ4n) is 3.23. The van der Waals surface area contributed by atoms with Crippen molar-refractivity contribution in [2.45, 2.75) is 57.1 Å². The summed E-state index contributed by atoms with van der Waals surface area (Å²) in [7, 11) is 0. The molecule has 0 bridgehead atoms. The Balaban J connectivity index is 0.000000370. The van der Waals surface area contributed by atoms with E-state index < -0.39 is 12.1 Å². The smallest absolute Gasteiger partial charge is 0.475 e. The minimum atomic E-state index is -5.08. The van der Waals surface area contributed by atoms with Crippen LogP contribution in [0.4, 0.5) is 13.2 Å². The SMILES string of the molecule is CCCC(=O)N1CC2(CC(OCc3ccccn3)CCO2)C1.O=C(O)C(F)(F)F. The highest BCUT2D eigenvalue weighted by molar-refractivity contribution is 5.77. The standard InChI is InChI=1S/C17H24N2O3.C2HF3O2/c1-2-5-16(20)19-12-17(13-19)10-15(7-9-22-17)21-11-14-6-3-4-8-18-14;3-2(4,5)1(6)7/h3-4,6,8,15H,2,5,7,9-13H2,1H3;(H,6,7). The zero-order valence-corrected chi connectivity index (χ0v) is 16.2. The monoisotopic (exact) mass is 418 g/mol. The van der Waals surface area contributed by atoms with Crippen LogP contribution in [0.3, 0.4) is 0 Å². The maximum atomic E-state index is 11.9. The van der Waals surface area contributed by atoms with Crippen LogP contribution >= 0.6 is 0 Å². The first-order chi connectivity index (χ1) is 13.6. The van der Waals surface area contributed by atoms with E-state index in [1.54, 1.807) is 6.20 Å². The maximum Gasteiger partial charge on any atom is 0.490 e. The van der Waals surface area contributed by atoms with Crippen molar-refractivity contribution in [2.75, 3.05) is 19.7 Å². The highest BCUT2D eigenvalue weighted by atomic mass is 19.4. The van der Waals surface area contributed by atoms with E-state index in [4.69, 9.17) is 19.4 Å². The van der Waals surface area contributed by atoms with Crippen molar-refractivity contribution in [3.05, 3.63) is 30.1 Å². The van der Waals surface area contributed by atoms with Crippen molar-refractivity contribution >= 4 is 11.9 Å². The third kappa shape index (κ3) is 6.97. The van der Waals surface area contributed by atoms with E-state index in [-0.39, 0.29) is 17.6 Å². The van der Waals surface area contributed by atoms with Gasteiger partial charge in [0.15, 0.2) is 0 Å². The van der Waals surface area contributed by atoms with E-state index >= 15 is 0 Å². The lowest BCUT2D eigenvalue weighted by Crippen LogP contribution is -2.67. The molecule has 0 radical (unpaired) electrons. The molecule has 1 spiro atoms. The Kier molecular flexibility index (Phi) is 7.97. The number of rotatable bonds is 5. The number of carbonyl (C=O) groups excluding carboxylic acids is 1. The molecule has 0 saturated carbocycles. The Labute approximate surface area is 166 Å². The van der Waals surface area contributed by atoms with Gasteiger partial charge in [0.2, 0.25) is 5.91 Å². The highest BCUT2D eigenvalue weighted by Crippen LogP contribution is 2.35. The van der Waals surface area contributed by atoms with Gasteiger partial charge in [0, 0.05) is 25.6 Å². The lowest BCUT2D eigenvalue weighted by Gasteiger charge is -2.53. The third-order valence-corrected chi connectivity index (χ3v) is 4.66. The summed E-state index contributed by atoms with van der Waals surface area (Å²) in [5, 5.41) is 7.12. The number of halogens is 3. The van der Waals surface area contributed by atoms with Crippen LogP contribution in [-0.2, 0) is 25.7 Å². The maximum absolute atomic E-state index is 11.9. The van der Waals surface area contributed by atoms with Gasteiger partial charge in [-0.1, -0.05) is 13.0 Å². The van der Waals surface area contributed by atoms with E-state index in [0.29, 0.717) is 19.6 Å². The number of pyridine rings is 1. The molecule has 10 heteroatoms. The summed E-state index contributed by atoms with van der Waals surface area (Å²) in [5.74, 6) is -2.51. The molecule has 1 amide bonds. The molecule has 7 nitrogen and oxygen atoms in total.